The van der Waals surface area contributed by atoms with Crippen LogP contribution in [0.2, 0.25) is 0 Å². The largest absolute Gasteiger partial charge is 0.343 e. The van der Waals surface area contributed by atoms with E-state index in [-0.39, 0.29) is 30.7 Å². The summed E-state index contributed by atoms with van der Waals surface area (Å²) in [5.41, 5.74) is 1.44. The van der Waals surface area contributed by atoms with Crippen LogP contribution in [0.3, 0.4) is 0 Å². The molecule has 0 aliphatic rings. The van der Waals surface area contributed by atoms with Crippen molar-refractivity contribution in [2.75, 3.05) is 6.54 Å². The van der Waals surface area contributed by atoms with Crippen molar-refractivity contribution >= 4 is 11.9 Å². The molecule has 9 nitrogen and oxygen atoms in total. The Morgan fingerprint density at radius 3 is 2.58 bits per heavy atom. The fourth-order valence-corrected chi connectivity index (χ4v) is 2.72. The van der Waals surface area contributed by atoms with Gasteiger partial charge in [-0.05, 0) is 35.7 Å². The summed E-state index contributed by atoms with van der Waals surface area (Å²) >= 11 is 0. The van der Waals surface area contributed by atoms with Crippen molar-refractivity contribution in [1.82, 2.24) is 31.1 Å². The monoisotopic (exact) mass is 426 g/mol. The average Bonchev–Trinajstić information content (AvgIpc) is 3.26. The smallest absolute Gasteiger partial charge is 0.315 e. The van der Waals surface area contributed by atoms with Gasteiger partial charge in [0.05, 0.1) is 6.54 Å². The third-order valence-electron chi connectivity index (χ3n) is 4.39. The van der Waals surface area contributed by atoms with E-state index in [1.807, 2.05) is 13.8 Å². The molecule has 0 aliphatic carbocycles. The molecule has 0 spiro atoms. The fraction of sp³-hybridized carbons (Fsp3) is 0.286. The van der Waals surface area contributed by atoms with Crippen LogP contribution in [0.1, 0.15) is 31.3 Å². The van der Waals surface area contributed by atoms with Crippen LogP contribution in [0.4, 0.5) is 9.18 Å². The van der Waals surface area contributed by atoms with Gasteiger partial charge in [0.2, 0.25) is 17.6 Å². The van der Waals surface area contributed by atoms with E-state index < -0.39 is 18.0 Å². The molecule has 0 aliphatic heterocycles. The molecule has 3 N–H and O–H groups in total. The van der Waals surface area contributed by atoms with Crippen LogP contribution in [0, 0.1) is 11.7 Å². The van der Waals surface area contributed by atoms with Gasteiger partial charge in [0.15, 0.2) is 0 Å². The minimum atomic E-state index is -0.519. The number of carbonyl (C=O) groups excluding carboxylic acids is 2. The molecule has 0 bridgehead atoms. The standard InChI is InChI=1S/C21H23FN6O3/c1-13(2)18(20-27-19(28-31-20)15-4-3-9-23-11-15)26-17(29)12-25-21(30)24-10-14-5-7-16(22)8-6-14/h3-9,11,13,18H,10,12H2,1-2H3,(H,26,29)(H2,24,25,30). The molecule has 3 rings (SSSR count). The van der Waals surface area contributed by atoms with Crippen molar-refractivity contribution < 1.29 is 18.5 Å². The van der Waals surface area contributed by atoms with Gasteiger partial charge in [-0.15, -0.1) is 0 Å². The molecule has 2 aromatic heterocycles. The van der Waals surface area contributed by atoms with Crippen LogP contribution in [0.15, 0.2) is 53.3 Å². The number of rotatable bonds is 8. The third kappa shape index (κ3) is 6.33. The molecule has 3 aromatic rings. The summed E-state index contributed by atoms with van der Waals surface area (Å²) in [5.74, 6) is -0.141. The Bertz CT molecular complexity index is 1010. The Hall–Kier alpha value is -3.82. The van der Waals surface area contributed by atoms with Gasteiger partial charge in [-0.3, -0.25) is 9.78 Å². The zero-order valence-corrected chi connectivity index (χ0v) is 17.1. The SMILES string of the molecule is CC(C)C(NC(=O)CNC(=O)NCc1ccc(F)cc1)c1nc(-c2cccnc2)no1. The number of aromatic nitrogens is 3. The molecule has 1 aromatic carbocycles. The van der Waals surface area contributed by atoms with Crippen LogP contribution in [0.25, 0.3) is 11.4 Å². The lowest BCUT2D eigenvalue weighted by atomic mass is 10.0. The summed E-state index contributed by atoms with van der Waals surface area (Å²) in [6, 6.07) is 8.29. The second-order valence-corrected chi connectivity index (χ2v) is 7.15. The molecular formula is C21H23FN6O3. The molecular weight excluding hydrogens is 403 g/mol. The van der Waals surface area contributed by atoms with Crippen molar-refractivity contribution in [1.29, 1.82) is 0 Å². The Kier molecular flexibility index (Phi) is 7.26. The molecule has 0 radical (unpaired) electrons. The lowest BCUT2D eigenvalue weighted by molar-refractivity contribution is -0.121. The second kappa shape index (κ2) is 10.3. The highest BCUT2D eigenvalue weighted by molar-refractivity contribution is 5.84. The lowest BCUT2D eigenvalue weighted by Crippen LogP contribution is -2.43. The molecule has 31 heavy (non-hydrogen) atoms. The normalized spacial score (nSPS) is 11.7. The maximum atomic E-state index is 12.9. The molecule has 2 heterocycles. The number of nitrogens with zero attached hydrogens (tertiary/aromatic N) is 3. The maximum absolute atomic E-state index is 12.9. The van der Waals surface area contributed by atoms with Crippen molar-refractivity contribution in [2.24, 2.45) is 5.92 Å². The highest BCUT2D eigenvalue weighted by atomic mass is 19.1. The summed E-state index contributed by atoms with van der Waals surface area (Å²) in [6.45, 7) is 3.78. The van der Waals surface area contributed by atoms with E-state index in [0.29, 0.717) is 11.4 Å². The van der Waals surface area contributed by atoms with Gasteiger partial charge in [0.1, 0.15) is 11.9 Å². The first-order valence-electron chi connectivity index (χ1n) is 9.72. The minimum absolute atomic E-state index is 0.0292. The van der Waals surface area contributed by atoms with Gasteiger partial charge in [0.25, 0.3) is 0 Å². The topological polar surface area (TPSA) is 122 Å². The van der Waals surface area contributed by atoms with Crippen LogP contribution in [0.5, 0.6) is 0 Å². The van der Waals surface area contributed by atoms with Crippen LogP contribution in [-0.2, 0) is 11.3 Å². The van der Waals surface area contributed by atoms with Gasteiger partial charge < -0.3 is 20.5 Å². The van der Waals surface area contributed by atoms with Crippen molar-refractivity contribution in [3.63, 3.8) is 0 Å². The number of carbonyl (C=O) groups is 2. The summed E-state index contributed by atoms with van der Waals surface area (Å²) in [7, 11) is 0. The average molecular weight is 426 g/mol. The lowest BCUT2D eigenvalue weighted by Gasteiger charge is -2.18. The molecule has 1 atom stereocenters. The summed E-state index contributed by atoms with van der Waals surface area (Å²) < 4.78 is 18.2. The fourth-order valence-electron chi connectivity index (χ4n) is 2.72. The van der Waals surface area contributed by atoms with Crippen molar-refractivity contribution in [3.05, 3.63) is 66.1 Å². The van der Waals surface area contributed by atoms with Gasteiger partial charge in [-0.2, -0.15) is 4.98 Å². The van der Waals surface area contributed by atoms with Gasteiger partial charge in [-0.25, -0.2) is 9.18 Å². The van der Waals surface area contributed by atoms with E-state index in [0.717, 1.165) is 5.56 Å². The van der Waals surface area contributed by atoms with Gasteiger partial charge in [0, 0.05) is 24.5 Å². The molecule has 1 unspecified atom stereocenters. The van der Waals surface area contributed by atoms with Gasteiger partial charge >= 0.3 is 6.03 Å². The molecule has 3 amide bonds. The second-order valence-electron chi connectivity index (χ2n) is 7.15. The first-order chi connectivity index (χ1) is 14.9. The quantitative estimate of drug-likeness (QED) is 0.509. The van der Waals surface area contributed by atoms with Gasteiger partial charge in [-0.1, -0.05) is 31.1 Å². The number of amides is 3. The summed E-state index contributed by atoms with van der Waals surface area (Å²) in [5, 5.41) is 11.8. The third-order valence-corrected chi connectivity index (χ3v) is 4.39. The molecule has 0 saturated heterocycles. The van der Waals surface area contributed by atoms with Crippen LogP contribution < -0.4 is 16.0 Å². The Balaban J connectivity index is 1.51. The van der Waals surface area contributed by atoms with E-state index in [1.165, 1.54) is 12.1 Å². The van der Waals surface area contributed by atoms with Crippen LogP contribution >= 0.6 is 0 Å². The molecule has 0 fully saturated rings. The number of hydrogen-bond acceptors (Lipinski definition) is 6. The predicted molar refractivity (Wildman–Crippen MR) is 110 cm³/mol. The number of nitrogens with one attached hydrogen (secondary N) is 3. The van der Waals surface area contributed by atoms with Crippen molar-refractivity contribution in [3.8, 4) is 11.4 Å². The first-order valence-corrected chi connectivity index (χ1v) is 9.72. The minimum Gasteiger partial charge on any atom is -0.343 e. The summed E-state index contributed by atoms with van der Waals surface area (Å²) in [4.78, 5) is 32.6. The number of pyridine rings is 1. The Morgan fingerprint density at radius 2 is 1.90 bits per heavy atom. The molecule has 162 valence electrons. The zero-order valence-electron chi connectivity index (χ0n) is 17.1. The van der Waals surface area contributed by atoms with Crippen molar-refractivity contribution in [2.45, 2.75) is 26.4 Å². The van der Waals surface area contributed by atoms with E-state index in [2.05, 4.69) is 31.1 Å². The zero-order chi connectivity index (χ0) is 22.2. The summed E-state index contributed by atoms with van der Waals surface area (Å²) in [6.07, 6.45) is 3.26. The van der Waals surface area contributed by atoms with Crippen LogP contribution in [-0.4, -0.2) is 33.6 Å². The van der Waals surface area contributed by atoms with E-state index in [9.17, 15) is 14.0 Å². The molecule has 10 heteroatoms. The van der Waals surface area contributed by atoms with E-state index in [4.69, 9.17) is 4.52 Å². The van der Waals surface area contributed by atoms with E-state index >= 15 is 0 Å². The number of halogens is 1. The maximum Gasteiger partial charge on any atom is 0.315 e. The Morgan fingerprint density at radius 1 is 1.13 bits per heavy atom. The predicted octanol–water partition coefficient (Wildman–Crippen LogP) is 2.58. The molecule has 0 saturated carbocycles. The highest BCUT2D eigenvalue weighted by Crippen LogP contribution is 2.23. The highest BCUT2D eigenvalue weighted by Gasteiger charge is 2.25. The number of hydrogen-bond donors (Lipinski definition) is 3. The number of benzene rings is 1. The number of urea groups is 1. The van der Waals surface area contributed by atoms with E-state index in [1.54, 1.807) is 36.7 Å². The first kappa shape index (κ1) is 21.9. The Labute approximate surface area is 178 Å².